The van der Waals surface area contributed by atoms with E-state index in [0.29, 0.717) is 5.69 Å². The first kappa shape index (κ1) is 14.3. The molecule has 1 aromatic carbocycles. The second-order valence-corrected chi connectivity index (χ2v) is 5.71. The molecule has 0 unspecified atom stereocenters. The molecule has 0 fully saturated rings. The van der Waals surface area contributed by atoms with Crippen LogP contribution in [0.3, 0.4) is 0 Å². The molecule has 0 atom stereocenters. The summed E-state index contributed by atoms with van der Waals surface area (Å²) in [5, 5.41) is 13.9. The number of nitrogens with one attached hydrogen (secondary N) is 1. The zero-order valence-electron chi connectivity index (χ0n) is 9.61. The first-order valence-corrected chi connectivity index (χ1v) is 7.35. The standard InChI is InChI=1S/C11H15BrN2O2S/c1-2-17-7-3-6-13-10-8-9(12)4-5-11(10)14(15)16/h4-5,8,13H,2-3,6-7H2,1H3. The van der Waals surface area contributed by atoms with Gasteiger partial charge in [0.25, 0.3) is 5.69 Å². The predicted octanol–water partition coefficient (Wildman–Crippen LogP) is 3.91. The molecule has 1 aromatic rings. The number of nitrogens with zero attached hydrogens (tertiary/aromatic N) is 1. The van der Waals surface area contributed by atoms with E-state index in [1.54, 1.807) is 12.1 Å². The van der Waals surface area contributed by atoms with Crippen molar-refractivity contribution in [1.82, 2.24) is 0 Å². The molecule has 0 aliphatic rings. The van der Waals surface area contributed by atoms with Crippen LogP contribution >= 0.6 is 27.7 Å². The third-order valence-corrected chi connectivity index (χ3v) is 3.62. The van der Waals surface area contributed by atoms with Crippen molar-refractivity contribution >= 4 is 39.1 Å². The molecule has 6 heteroatoms. The van der Waals surface area contributed by atoms with Gasteiger partial charge in [0, 0.05) is 17.1 Å². The Balaban J connectivity index is 2.56. The van der Waals surface area contributed by atoms with E-state index in [4.69, 9.17) is 0 Å². The van der Waals surface area contributed by atoms with Gasteiger partial charge in [-0.25, -0.2) is 0 Å². The summed E-state index contributed by atoms with van der Waals surface area (Å²) in [6.45, 7) is 2.88. The highest BCUT2D eigenvalue weighted by molar-refractivity contribution is 9.10. The first-order chi connectivity index (χ1) is 8.15. The summed E-state index contributed by atoms with van der Waals surface area (Å²) in [6.07, 6.45) is 1.00. The minimum Gasteiger partial charge on any atom is -0.379 e. The number of benzene rings is 1. The zero-order chi connectivity index (χ0) is 12.7. The Morgan fingerprint density at radius 3 is 2.94 bits per heavy atom. The van der Waals surface area contributed by atoms with Crippen LogP contribution in [0.5, 0.6) is 0 Å². The molecule has 0 aliphatic heterocycles. The number of rotatable bonds is 7. The van der Waals surface area contributed by atoms with E-state index in [-0.39, 0.29) is 10.6 Å². The summed E-state index contributed by atoms with van der Waals surface area (Å²) in [5.41, 5.74) is 0.696. The molecule has 0 saturated carbocycles. The molecule has 94 valence electrons. The van der Waals surface area contributed by atoms with E-state index in [0.717, 1.165) is 28.9 Å². The average molecular weight is 319 g/mol. The van der Waals surface area contributed by atoms with Gasteiger partial charge in [0.15, 0.2) is 0 Å². The summed E-state index contributed by atoms with van der Waals surface area (Å²) in [5.74, 6) is 2.18. The van der Waals surface area contributed by atoms with Crippen LogP contribution in [0.4, 0.5) is 11.4 Å². The van der Waals surface area contributed by atoms with Gasteiger partial charge in [-0.2, -0.15) is 11.8 Å². The number of hydrogen-bond acceptors (Lipinski definition) is 4. The fourth-order valence-corrected chi connectivity index (χ4v) is 2.35. The topological polar surface area (TPSA) is 55.2 Å². The normalized spacial score (nSPS) is 10.2. The highest BCUT2D eigenvalue weighted by atomic mass is 79.9. The highest BCUT2D eigenvalue weighted by Crippen LogP contribution is 2.27. The second-order valence-electron chi connectivity index (χ2n) is 3.40. The maximum Gasteiger partial charge on any atom is 0.292 e. The minimum atomic E-state index is -0.366. The largest absolute Gasteiger partial charge is 0.379 e. The molecule has 0 bridgehead atoms. The van der Waals surface area contributed by atoms with Gasteiger partial charge in [-0.3, -0.25) is 10.1 Å². The number of halogens is 1. The van der Waals surface area contributed by atoms with Gasteiger partial charge in [-0.1, -0.05) is 22.9 Å². The van der Waals surface area contributed by atoms with Gasteiger partial charge in [-0.05, 0) is 30.1 Å². The van der Waals surface area contributed by atoms with Crippen LogP contribution in [0.15, 0.2) is 22.7 Å². The lowest BCUT2D eigenvalue weighted by atomic mass is 10.2. The van der Waals surface area contributed by atoms with Gasteiger partial charge in [0.2, 0.25) is 0 Å². The van der Waals surface area contributed by atoms with Gasteiger partial charge < -0.3 is 5.32 Å². The summed E-state index contributed by atoms with van der Waals surface area (Å²) < 4.78 is 0.841. The Morgan fingerprint density at radius 2 is 2.29 bits per heavy atom. The van der Waals surface area contributed by atoms with Crippen molar-refractivity contribution < 1.29 is 4.92 Å². The molecule has 0 radical (unpaired) electrons. The van der Waals surface area contributed by atoms with Crippen LogP contribution in [0.1, 0.15) is 13.3 Å². The Kier molecular flexibility index (Phi) is 6.36. The van der Waals surface area contributed by atoms with Crippen molar-refractivity contribution in [3.8, 4) is 0 Å². The van der Waals surface area contributed by atoms with E-state index in [1.807, 2.05) is 11.8 Å². The van der Waals surface area contributed by atoms with E-state index in [2.05, 4.69) is 28.2 Å². The molecule has 1 rings (SSSR count). The summed E-state index contributed by atoms with van der Waals surface area (Å²) in [7, 11) is 0. The van der Waals surface area contributed by atoms with Crippen molar-refractivity contribution in [3.05, 3.63) is 32.8 Å². The van der Waals surface area contributed by atoms with E-state index < -0.39 is 0 Å². The van der Waals surface area contributed by atoms with Crippen LogP contribution in [-0.2, 0) is 0 Å². The number of nitro benzene ring substituents is 1. The molecular weight excluding hydrogens is 304 g/mol. The first-order valence-electron chi connectivity index (χ1n) is 5.40. The van der Waals surface area contributed by atoms with Gasteiger partial charge in [0.05, 0.1) is 4.92 Å². The Bertz CT molecular complexity index is 388. The SMILES string of the molecule is CCSCCCNc1cc(Br)ccc1[N+](=O)[O-]. The highest BCUT2D eigenvalue weighted by Gasteiger charge is 2.12. The number of hydrogen-bond donors (Lipinski definition) is 1. The molecule has 0 amide bonds. The van der Waals surface area contributed by atoms with Crippen LogP contribution in [0, 0.1) is 10.1 Å². The monoisotopic (exact) mass is 318 g/mol. The molecular formula is C11H15BrN2O2S. The quantitative estimate of drug-likeness (QED) is 0.470. The van der Waals surface area contributed by atoms with Crippen molar-refractivity contribution in [3.63, 3.8) is 0 Å². The van der Waals surface area contributed by atoms with Gasteiger partial charge in [-0.15, -0.1) is 0 Å². The van der Waals surface area contributed by atoms with E-state index in [1.165, 1.54) is 6.07 Å². The fraction of sp³-hybridized carbons (Fsp3) is 0.455. The average Bonchev–Trinajstić information content (AvgIpc) is 2.28. The van der Waals surface area contributed by atoms with Crippen LogP contribution in [-0.4, -0.2) is 23.0 Å². The van der Waals surface area contributed by atoms with Gasteiger partial charge >= 0.3 is 0 Å². The summed E-state index contributed by atoms with van der Waals surface area (Å²) >= 11 is 5.19. The lowest BCUT2D eigenvalue weighted by molar-refractivity contribution is -0.384. The molecule has 0 aromatic heterocycles. The smallest absolute Gasteiger partial charge is 0.292 e. The fourth-order valence-electron chi connectivity index (χ4n) is 1.35. The summed E-state index contributed by atoms with van der Waals surface area (Å²) in [6, 6.07) is 4.93. The minimum absolute atomic E-state index is 0.122. The molecule has 4 nitrogen and oxygen atoms in total. The second kappa shape index (κ2) is 7.55. The van der Waals surface area contributed by atoms with Crippen LogP contribution in [0.25, 0.3) is 0 Å². The predicted molar refractivity (Wildman–Crippen MR) is 76.9 cm³/mol. The molecule has 0 spiro atoms. The molecule has 0 aliphatic carbocycles. The maximum atomic E-state index is 10.8. The lowest BCUT2D eigenvalue weighted by Gasteiger charge is -2.07. The van der Waals surface area contributed by atoms with Crippen molar-refractivity contribution in [1.29, 1.82) is 0 Å². The summed E-state index contributed by atoms with van der Waals surface area (Å²) in [4.78, 5) is 10.4. The third-order valence-electron chi connectivity index (χ3n) is 2.14. The Hall–Kier alpha value is -0.750. The van der Waals surface area contributed by atoms with Gasteiger partial charge in [0.1, 0.15) is 5.69 Å². The molecule has 0 heterocycles. The maximum absolute atomic E-state index is 10.8. The van der Waals surface area contributed by atoms with Crippen molar-refractivity contribution in [2.75, 3.05) is 23.4 Å². The molecule has 1 N–H and O–H groups in total. The van der Waals surface area contributed by atoms with Crippen LogP contribution in [0.2, 0.25) is 0 Å². The lowest BCUT2D eigenvalue weighted by Crippen LogP contribution is -2.05. The van der Waals surface area contributed by atoms with E-state index in [9.17, 15) is 10.1 Å². The number of thioether (sulfide) groups is 1. The van der Waals surface area contributed by atoms with Crippen LogP contribution < -0.4 is 5.32 Å². The number of nitro groups is 1. The molecule has 0 saturated heterocycles. The third kappa shape index (κ3) is 4.95. The number of anilines is 1. The Morgan fingerprint density at radius 1 is 1.53 bits per heavy atom. The van der Waals surface area contributed by atoms with E-state index >= 15 is 0 Å². The van der Waals surface area contributed by atoms with Crippen molar-refractivity contribution in [2.45, 2.75) is 13.3 Å². The van der Waals surface area contributed by atoms with Crippen molar-refractivity contribution in [2.24, 2.45) is 0 Å². The molecule has 17 heavy (non-hydrogen) atoms. The Labute approximate surface area is 113 Å². The zero-order valence-corrected chi connectivity index (χ0v) is 12.0.